The van der Waals surface area contributed by atoms with Crippen molar-refractivity contribution < 1.29 is 0 Å². The van der Waals surface area contributed by atoms with E-state index >= 15 is 0 Å². The second-order valence-electron chi connectivity index (χ2n) is 9.37. The molecule has 0 aliphatic rings. The van der Waals surface area contributed by atoms with E-state index in [1.165, 1.54) is 11.1 Å². The first-order chi connectivity index (χ1) is 18.8. The molecular weight excluding hydrogens is 462 g/mol. The maximum absolute atomic E-state index is 5.03. The summed E-state index contributed by atoms with van der Waals surface area (Å²) in [4.78, 5) is 14.5. The summed E-state index contributed by atoms with van der Waals surface area (Å²) in [6.07, 6.45) is 3.86. The molecule has 0 aliphatic carbocycles. The highest BCUT2D eigenvalue weighted by atomic mass is 14.7. The van der Waals surface area contributed by atoms with Gasteiger partial charge in [-0.1, -0.05) is 91.0 Å². The normalized spacial score (nSPS) is 11.2. The number of benzene rings is 4. The highest BCUT2D eigenvalue weighted by Crippen LogP contribution is 2.35. The van der Waals surface area contributed by atoms with Crippen LogP contribution in [0.15, 0.2) is 140 Å². The van der Waals surface area contributed by atoms with Crippen molar-refractivity contribution in [3.63, 3.8) is 0 Å². The quantitative estimate of drug-likeness (QED) is 0.250. The van der Waals surface area contributed by atoms with E-state index in [1.807, 2.05) is 54.9 Å². The summed E-state index contributed by atoms with van der Waals surface area (Å²) in [6, 6.07) is 44.0. The average Bonchev–Trinajstić information content (AvgIpc) is 3.01. The van der Waals surface area contributed by atoms with Gasteiger partial charge in [0.15, 0.2) is 0 Å². The maximum Gasteiger partial charge on any atom is 0.0718 e. The Morgan fingerprint density at radius 1 is 0.395 bits per heavy atom. The van der Waals surface area contributed by atoms with Crippen LogP contribution in [-0.4, -0.2) is 15.0 Å². The molecule has 0 aliphatic heterocycles. The van der Waals surface area contributed by atoms with Crippen molar-refractivity contribution in [3.8, 4) is 44.8 Å². The van der Waals surface area contributed by atoms with Gasteiger partial charge >= 0.3 is 0 Å². The number of aromatic nitrogens is 3. The minimum Gasteiger partial charge on any atom is -0.256 e. The Morgan fingerprint density at radius 2 is 1.11 bits per heavy atom. The minimum absolute atomic E-state index is 0.902. The van der Waals surface area contributed by atoms with E-state index in [-0.39, 0.29) is 0 Å². The molecule has 4 aromatic carbocycles. The van der Waals surface area contributed by atoms with Crippen molar-refractivity contribution >= 4 is 21.8 Å². The topological polar surface area (TPSA) is 38.7 Å². The van der Waals surface area contributed by atoms with Gasteiger partial charge < -0.3 is 0 Å². The summed E-state index contributed by atoms with van der Waals surface area (Å²) < 4.78 is 0. The number of pyridine rings is 3. The Morgan fingerprint density at radius 3 is 1.89 bits per heavy atom. The van der Waals surface area contributed by atoms with E-state index in [2.05, 4.69) is 89.9 Å². The standard InChI is InChI=1S/C35H23N3/c1-3-9-24(10-4-1)26-15-18-34-31(20-26)30(21-35(38-34)25-11-5-2-6-12-25)28-16-17-33(36-22-28)29-19-27-13-7-8-14-32(27)37-23-29/h1-23H. The van der Waals surface area contributed by atoms with Crippen LogP contribution in [0.2, 0.25) is 0 Å². The minimum atomic E-state index is 0.902. The van der Waals surface area contributed by atoms with Gasteiger partial charge in [0.05, 0.1) is 22.4 Å². The monoisotopic (exact) mass is 485 g/mol. The van der Waals surface area contributed by atoms with Crippen molar-refractivity contribution in [2.45, 2.75) is 0 Å². The number of hydrogen-bond donors (Lipinski definition) is 0. The molecule has 0 atom stereocenters. The van der Waals surface area contributed by atoms with Gasteiger partial charge in [0.2, 0.25) is 0 Å². The lowest BCUT2D eigenvalue weighted by Gasteiger charge is -2.13. The molecule has 3 heteroatoms. The third kappa shape index (κ3) is 4.10. The number of para-hydroxylation sites is 1. The summed E-state index contributed by atoms with van der Waals surface area (Å²) in [7, 11) is 0. The van der Waals surface area contributed by atoms with E-state index in [4.69, 9.17) is 9.97 Å². The fourth-order valence-corrected chi connectivity index (χ4v) is 4.97. The first-order valence-corrected chi connectivity index (χ1v) is 12.7. The molecule has 0 saturated carbocycles. The molecule has 0 radical (unpaired) electrons. The van der Waals surface area contributed by atoms with Gasteiger partial charge in [0.1, 0.15) is 0 Å². The third-order valence-electron chi connectivity index (χ3n) is 6.95. The molecule has 3 heterocycles. The molecule has 0 amide bonds. The van der Waals surface area contributed by atoms with Crippen LogP contribution in [-0.2, 0) is 0 Å². The fourth-order valence-electron chi connectivity index (χ4n) is 4.97. The van der Waals surface area contributed by atoms with E-state index < -0.39 is 0 Å². The second-order valence-corrected chi connectivity index (χ2v) is 9.37. The zero-order chi connectivity index (χ0) is 25.3. The summed E-state index contributed by atoms with van der Waals surface area (Å²) in [5.74, 6) is 0. The van der Waals surface area contributed by atoms with Gasteiger partial charge in [-0.05, 0) is 53.1 Å². The predicted octanol–water partition coefficient (Wildman–Crippen LogP) is 8.85. The fraction of sp³-hybridized carbons (Fsp3) is 0. The molecule has 0 spiro atoms. The van der Waals surface area contributed by atoms with Crippen LogP contribution >= 0.6 is 0 Å². The van der Waals surface area contributed by atoms with Crippen molar-refractivity contribution in [1.82, 2.24) is 15.0 Å². The van der Waals surface area contributed by atoms with Gasteiger partial charge in [-0.3, -0.25) is 9.97 Å². The first kappa shape index (κ1) is 22.1. The van der Waals surface area contributed by atoms with Crippen LogP contribution in [0.25, 0.3) is 66.6 Å². The molecule has 3 nitrogen and oxygen atoms in total. The number of rotatable bonds is 4. The van der Waals surface area contributed by atoms with Crippen LogP contribution in [0.3, 0.4) is 0 Å². The van der Waals surface area contributed by atoms with Crippen LogP contribution in [0.1, 0.15) is 0 Å². The average molecular weight is 486 g/mol. The maximum atomic E-state index is 5.03. The summed E-state index contributed by atoms with van der Waals surface area (Å²) >= 11 is 0. The molecule has 38 heavy (non-hydrogen) atoms. The largest absolute Gasteiger partial charge is 0.256 e. The van der Waals surface area contributed by atoms with Crippen molar-refractivity contribution in [2.75, 3.05) is 0 Å². The molecule has 3 aromatic heterocycles. The Labute approximate surface area is 221 Å². The molecule has 178 valence electrons. The highest BCUT2D eigenvalue weighted by molar-refractivity contribution is 5.99. The van der Waals surface area contributed by atoms with E-state index in [9.17, 15) is 0 Å². The number of hydrogen-bond acceptors (Lipinski definition) is 3. The molecule has 0 bridgehead atoms. The molecule has 7 rings (SSSR count). The third-order valence-corrected chi connectivity index (χ3v) is 6.95. The molecule has 7 aromatic rings. The highest BCUT2D eigenvalue weighted by Gasteiger charge is 2.12. The lowest BCUT2D eigenvalue weighted by atomic mass is 9.96. The molecule has 0 saturated heterocycles. The lowest BCUT2D eigenvalue weighted by Crippen LogP contribution is -1.92. The number of fused-ring (bicyclic) bond motifs is 2. The summed E-state index contributed by atoms with van der Waals surface area (Å²) in [5, 5.41) is 2.21. The molecular formula is C35H23N3. The number of nitrogens with zero attached hydrogens (tertiary/aromatic N) is 3. The van der Waals surface area contributed by atoms with Gasteiger partial charge in [-0.2, -0.15) is 0 Å². The molecule has 0 fully saturated rings. The van der Waals surface area contributed by atoms with Crippen LogP contribution in [0.5, 0.6) is 0 Å². The van der Waals surface area contributed by atoms with Crippen LogP contribution < -0.4 is 0 Å². The van der Waals surface area contributed by atoms with Crippen LogP contribution in [0, 0.1) is 0 Å². The molecule has 0 unspecified atom stereocenters. The van der Waals surface area contributed by atoms with Gasteiger partial charge in [0, 0.05) is 39.9 Å². The van der Waals surface area contributed by atoms with E-state index in [1.54, 1.807) is 0 Å². The van der Waals surface area contributed by atoms with E-state index in [0.717, 1.165) is 55.4 Å². The van der Waals surface area contributed by atoms with E-state index in [0.29, 0.717) is 0 Å². The Balaban J connectivity index is 1.37. The smallest absolute Gasteiger partial charge is 0.0718 e. The van der Waals surface area contributed by atoms with Gasteiger partial charge in [-0.25, -0.2) is 4.98 Å². The SMILES string of the molecule is c1ccc(-c2ccc3nc(-c4ccccc4)cc(-c4ccc(-c5cnc6ccccc6c5)nc4)c3c2)cc1. The Kier molecular flexibility index (Phi) is 5.45. The van der Waals surface area contributed by atoms with Gasteiger partial charge in [0.25, 0.3) is 0 Å². The molecule has 0 N–H and O–H groups in total. The Hall–Kier alpha value is -5.15. The Bertz CT molecular complexity index is 1890. The second kappa shape index (κ2) is 9.38. The zero-order valence-corrected chi connectivity index (χ0v) is 20.6. The lowest BCUT2D eigenvalue weighted by molar-refractivity contribution is 1.30. The first-order valence-electron chi connectivity index (χ1n) is 12.7. The summed E-state index contributed by atoms with van der Waals surface area (Å²) in [5.41, 5.74) is 10.4. The van der Waals surface area contributed by atoms with Crippen LogP contribution in [0.4, 0.5) is 0 Å². The zero-order valence-electron chi connectivity index (χ0n) is 20.6. The van der Waals surface area contributed by atoms with Crippen molar-refractivity contribution in [3.05, 3.63) is 140 Å². The predicted molar refractivity (Wildman–Crippen MR) is 157 cm³/mol. The van der Waals surface area contributed by atoms with Crippen molar-refractivity contribution in [2.24, 2.45) is 0 Å². The summed E-state index contributed by atoms with van der Waals surface area (Å²) in [6.45, 7) is 0. The van der Waals surface area contributed by atoms with Gasteiger partial charge in [-0.15, -0.1) is 0 Å². The van der Waals surface area contributed by atoms with Crippen molar-refractivity contribution in [1.29, 1.82) is 0 Å².